The molecule has 2 heterocycles. The molecule has 1 amide bonds. The van der Waals surface area contributed by atoms with Crippen LogP contribution in [0.4, 0.5) is 11.5 Å². The number of carbonyl (C=O) groups is 1. The molecule has 2 aromatic heterocycles. The SMILES string of the molecule is Cl.Cl.Cl.O=C(Nc1cccc(Oc2ccccc2)c1)c1cccnc1NCc1ccncc1. The van der Waals surface area contributed by atoms with E-state index in [0.29, 0.717) is 29.4 Å². The van der Waals surface area contributed by atoms with Crippen LogP contribution in [0, 0.1) is 0 Å². The Kier molecular flexibility index (Phi) is 11.7. The Morgan fingerprint density at radius 2 is 1.52 bits per heavy atom. The molecule has 0 saturated carbocycles. The van der Waals surface area contributed by atoms with Crippen molar-refractivity contribution >= 4 is 54.6 Å². The fraction of sp³-hybridized carbons (Fsp3) is 0.0417. The van der Waals surface area contributed by atoms with Crippen molar-refractivity contribution in [3.63, 3.8) is 0 Å². The van der Waals surface area contributed by atoms with E-state index in [9.17, 15) is 4.79 Å². The Balaban J connectivity index is 0.00000181. The van der Waals surface area contributed by atoms with Crippen LogP contribution in [0.3, 0.4) is 0 Å². The van der Waals surface area contributed by atoms with Crippen LogP contribution >= 0.6 is 37.2 Å². The molecule has 0 atom stereocenters. The first kappa shape index (κ1) is 27.7. The molecule has 9 heteroatoms. The zero-order valence-corrected chi connectivity index (χ0v) is 19.8. The minimum atomic E-state index is -0.253. The molecule has 2 aromatic carbocycles. The van der Waals surface area contributed by atoms with Crippen molar-refractivity contribution < 1.29 is 9.53 Å². The molecular weight excluding hydrogens is 483 g/mol. The fourth-order valence-corrected chi connectivity index (χ4v) is 2.88. The van der Waals surface area contributed by atoms with Gasteiger partial charge in [0.15, 0.2) is 0 Å². The first-order valence-corrected chi connectivity index (χ1v) is 9.50. The van der Waals surface area contributed by atoms with Crippen molar-refractivity contribution in [1.82, 2.24) is 9.97 Å². The fourth-order valence-electron chi connectivity index (χ4n) is 2.88. The van der Waals surface area contributed by atoms with Crippen molar-refractivity contribution in [3.8, 4) is 11.5 Å². The van der Waals surface area contributed by atoms with Gasteiger partial charge >= 0.3 is 0 Å². The number of aromatic nitrogens is 2. The number of carbonyl (C=O) groups excluding carboxylic acids is 1. The van der Waals surface area contributed by atoms with E-state index in [1.807, 2.05) is 60.7 Å². The first-order chi connectivity index (χ1) is 14.8. The molecule has 33 heavy (non-hydrogen) atoms. The van der Waals surface area contributed by atoms with Gasteiger partial charge in [-0.2, -0.15) is 0 Å². The summed E-state index contributed by atoms with van der Waals surface area (Å²) in [6.07, 6.45) is 5.11. The first-order valence-electron chi connectivity index (χ1n) is 9.50. The third kappa shape index (κ3) is 7.95. The summed E-state index contributed by atoms with van der Waals surface area (Å²) in [5.41, 5.74) is 2.14. The maximum atomic E-state index is 12.9. The van der Waals surface area contributed by atoms with E-state index >= 15 is 0 Å². The quantitative estimate of drug-likeness (QED) is 0.304. The van der Waals surface area contributed by atoms with Crippen molar-refractivity contribution in [2.24, 2.45) is 0 Å². The number of nitrogens with zero attached hydrogens (tertiary/aromatic N) is 2. The summed E-state index contributed by atoms with van der Waals surface area (Å²) in [5, 5.41) is 6.13. The molecule has 2 N–H and O–H groups in total. The summed E-state index contributed by atoms with van der Waals surface area (Å²) in [5.74, 6) is 1.64. The maximum absolute atomic E-state index is 12.9. The summed E-state index contributed by atoms with van der Waals surface area (Å²) in [6, 6.07) is 24.1. The molecule has 0 radical (unpaired) electrons. The lowest BCUT2D eigenvalue weighted by atomic mass is 10.2. The number of anilines is 2. The number of halogens is 3. The van der Waals surface area contributed by atoms with Crippen LogP contribution in [0.2, 0.25) is 0 Å². The van der Waals surface area contributed by atoms with E-state index in [-0.39, 0.29) is 43.1 Å². The van der Waals surface area contributed by atoms with Crippen LogP contribution in [0.15, 0.2) is 97.5 Å². The van der Waals surface area contributed by atoms with E-state index in [1.54, 1.807) is 36.8 Å². The van der Waals surface area contributed by atoms with Crippen LogP contribution in [0.1, 0.15) is 15.9 Å². The predicted molar refractivity (Wildman–Crippen MR) is 138 cm³/mol. The number of para-hydroxylation sites is 1. The monoisotopic (exact) mass is 504 g/mol. The summed E-state index contributed by atoms with van der Waals surface area (Å²) in [7, 11) is 0. The molecule has 4 aromatic rings. The van der Waals surface area contributed by atoms with Gasteiger partial charge in [0.2, 0.25) is 0 Å². The molecule has 0 fully saturated rings. The number of ether oxygens (including phenoxy) is 1. The van der Waals surface area contributed by atoms with Crippen LogP contribution in [-0.4, -0.2) is 15.9 Å². The average molecular weight is 506 g/mol. The van der Waals surface area contributed by atoms with Crippen LogP contribution in [0.5, 0.6) is 11.5 Å². The third-order valence-electron chi connectivity index (χ3n) is 4.33. The highest BCUT2D eigenvalue weighted by Gasteiger charge is 2.13. The van der Waals surface area contributed by atoms with Gasteiger partial charge in [-0.25, -0.2) is 4.98 Å². The van der Waals surface area contributed by atoms with Gasteiger partial charge in [-0.1, -0.05) is 24.3 Å². The average Bonchev–Trinajstić information content (AvgIpc) is 2.79. The molecule has 4 rings (SSSR count). The largest absolute Gasteiger partial charge is 0.457 e. The predicted octanol–water partition coefficient (Wildman–Crippen LogP) is 6.40. The Hall–Kier alpha value is -3.32. The molecule has 0 aliphatic carbocycles. The van der Waals surface area contributed by atoms with Crippen LogP contribution in [-0.2, 0) is 6.54 Å². The Morgan fingerprint density at radius 1 is 0.788 bits per heavy atom. The lowest BCUT2D eigenvalue weighted by Crippen LogP contribution is -2.15. The van der Waals surface area contributed by atoms with Gasteiger partial charge in [0.05, 0.1) is 5.56 Å². The molecular formula is C24H23Cl3N4O2. The minimum Gasteiger partial charge on any atom is -0.457 e. The highest BCUT2D eigenvalue weighted by atomic mass is 35.5. The highest BCUT2D eigenvalue weighted by molar-refractivity contribution is 6.07. The number of nitrogens with one attached hydrogen (secondary N) is 2. The lowest BCUT2D eigenvalue weighted by Gasteiger charge is -2.12. The summed E-state index contributed by atoms with van der Waals surface area (Å²) < 4.78 is 5.84. The van der Waals surface area contributed by atoms with Gasteiger partial charge in [0.25, 0.3) is 5.91 Å². The normalized spacial score (nSPS) is 9.33. The second-order valence-electron chi connectivity index (χ2n) is 6.51. The van der Waals surface area contributed by atoms with E-state index < -0.39 is 0 Å². The smallest absolute Gasteiger partial charge is 0.259 e. The Bertz CT molecular complexity index is 1130. The van der Waals surface area contributed by atoms with Gasteiger partial charge in [0.1, 0.15) is 17.3 Å². The van der Waals surface area contributed by atoms with E-state index in [2.05, 4.69) is 20.6 Å². The van der Waals surface area contributed by atoms with Gasteiger partial charge < -0.3 is 15.4 Å². The number of pyridine rings is 2. The molecule has 0 unspecified atom stereocenters. The number of benzene rings is 2. The maximum Gasteiger partial charge on any atom is 0.259 e. The molecule has 0 bridgehead atoms. The van der Waals surface area contributed by atoms with Crippen LogP contribution in [0.25, 0.3) is 0 Å². The van der Waals surface area contributed by atoms with Gasteiger partial charge in [-0.05, 0) is 54.1 Å². The topological polar surface area (TPSA) is 76.1 Å². The lowest BCUT2D eigenvalue weighted by molar-refractivity contribution is 0.102. The number of rotatable bonds is 7. The second-order valence-corrected chi connectivity index (χ2v) is 6.51. The standard InChI is InChI=1S/C24H20N4O2.3ClH/c29-24(22-10-5-13-26-23(22)27-17-18-11-14-25-15-12-18)28-19-6-4-9-21(16-19)30-20-7-2-1-3-8-20;;;/h1-16H,17H2,(H,26,27)(H,28,29);3*1H. The summed E-state index contributed by atoms with van der Waals surface area (Å²) in [6.45, 7) is 0.542. The third-order valence-corrected chi connectivity index (χ3v) is 4.33. The van der Waals surface area contributed by atoms with Crippen molar-refractivity contribution in [3.05, 3.63) is 109 Å². The van der Waals surface area contributed by atoms with Crippen molar-refractivity contribution in [2.45, 2.75) is 6.54 Å². The van der Waals surface area contributed by atoms with Gasteiger partial charge in [-0.15, -0.1) is 37.2 Å². The van der Waals surface area contributed by atoms with Gasteiger partial charge in [-0.3, -0.25) is 9.78 Å². The summed E-state index contributed by atoms with van der Waals surface area (Å²) in [4.78, 5) is 21.2. The minimum absolute atomic E-state index is 0. The zero-order valence-electron chi connectivity index (χ0n) is 17.4. The van der Waals surface area contributed by atoms with E-state index in [1.165, 1.54) is 0 Å². The van der Waals surface area contributed by atoms with E-state index in [4.69, 9.17) is 4.74 Å². The number of hydrogen-bond donors (Lipinski definition) is 2. The number of amides is 1. The zero-order chi connectivity index (χ0) is 20.6. The van der Waals surface area contributed by atoms with Gasteiger partial charge in [0, 0.05) is 36.9 Å². The van der Waals surface area contributed by atoms with Crippen molar-refractivity contribution in [2.75, 3.05) is 10.6 Å². The molecule has 0 saturated heterocycles. The molecule has 0 aliphatic heterocycles. The van der Waals surface area contributed by atoms with Crippen LogP contribution < -0.4 is 15.4 Å². The molecule has 0 aliphatic rings. The summed E-state index contributed by atoms with van der Waals surface area (Å²) >= 11 is 0. The molecule has 0 spiro atoms. The highest BCUT2D eigenvalue weighted by Crippen LogP contribution is 2.24. The second kappa shape index (κ2) is 14.0. The van der Waals surface area contributed by atoms with E-state index in [0.717, 1.165) is 11.3 Å². The molecule has 172 valence electrons. The number of hydrogen-bond acceptors (Lipinski definition) is 5. The Labute approximate surface area is 211 Å². The Morgan fingerprint density at radius 3 is 2.27 bits per heavy atom. The molecule has 6 nitrogen and oxygen atoms in total. The van der Waals surface area contributed by atoms with Crippen molar-refractivity contribution in [1.29, 1.82) is 0 Å².